The number of aromatic nitrogens is 3. The van der Waals surface area contributed by atoms with Crippen LogP contribution in [-0.2, 0) is 6.42 Å². The molecule has 0 spiro atoms. The number of rotatable bonds is 7. The van der Waals surface area contributed by atoms with E-state index in [0.29, 0.717) is 33.4 Å². The summed E-state index contributed by atoms with van der Waals surface area (Å²) in [6, 6.07) is 13.4. The van der Waals surface area contributed by atoms with Crippen molar-refractivity contribution in [1.82, 2.24) is 14.6 Å². The van der Waals surface area contributed by atoms with E-state index in [2.05, 4.69) is 46.9 Å². The molecule has 0 saturated carbocycles. The fraction of sp³-hybridized carbons (Fsp3) is 0.130. The molecular weight excluding hydrogens is 570 g/mol. The molecule has 0 aliphatic rings. The van der Waals surface area contributed by atoms with Gasteiger partial charge in [0, 0.05) is 23.0 Å². The second kappa shape index (κ2) is 10.2. The van der Waals surface area contributed by atoms with Gasteiger partial charge >= 0.3 is 0 Å². The minimum atomic E-state index is -0.526. The number of nitrogens with zero attached hydrogens (tertiary/aromatic N) is 5. The molecule has 0 amide bonds. The van der Waals surface area contributed by atoms with Crippen molar-refractivity contribution in [2.45, 2.75) is 19.8 Å². The maximum atomic E-state index is 13.1. The molecule has 9 nitrogen and oxygen atoms in total. The fourth-order valence-corrected chi connectivity index (χ4v) is 4.00. The highest BCUT2D eigenvalue weighted by Crippen LogP contribution is 2.30. The molecule has 172 valence electrons. The van der Waals surface area contributed by atoms with Crippen LogP contribution >= 0.6 is 31.9 Å². The van der Waals surface area contributed by atoms with Crippen molar-refractivity contribution in [2.75, 3.05) is 0 Å². The van der Waals surface area contributed by atoms with Crippen molar-refractivity contribution in [2.24, 2.45) is 5.10 Å². The summed E-state index contributed by atoms with van der Waals surface area (Å²) in [6.07, 6.45) is 4.13. The van der Waals surface area contributed by atoms with E-state index in [0.717, 1.165) is 22.7 Å². The number of aryl methyl sites for hydroxylation is 1. The third-order valence-electron chi connectivity index (χ3n) is 4.77. The van der Waals surface area contributed by atoms with E-state index in [-0.39, 0.29) is 17.1 Å². The first-order valence-electron chi connectivity index (χ1n) is 10.2. The van der Waals surface area contributed by atoms with Gasteiger partial charge in [0.1, 0.15) is 17.8 Å². The Morgan fingerprint density at radius 2 is 2.00 bits per heavy atom. The molecule has 0 fully saturated rings. The SMILES string of the molecule is CCCc1nc2ccc(Br)cc2c(=O)n1N=Cc1ccc(Oc2ccc([N+](=O)[O-])cn2)c(Br)c1. The molecule has 2 aromatic heterocycles. The van der Waals surface area contributed by atoms with Gasteiger partial charge in [0.25, 0.3) is 11.2 Å². The average Bonchev–Trinajstić information content (AvgIpc) is 2.81. The summed E-state index contributed by atoms with van der Waals surface area (Å²) >= 11 is 6.85. The minimum Gasteiger partial charge on any atom is -0.438 e. The molecule has 2 heterocycles. The Kier molecular flexibility index (Phi) is 7.13. The maximum Gasteiger partial charge on any atom is 0.287 e. The van der Waals surface area contributed by atoms with Crippen LogP contribution in [0.2, 0.25) is 0 Å². The number of hydrogen-bond acceptors (Lipinski definition) is 7. The van der Waals surface area contributed by atoms with E-state index in [1.807, 2.05) is 19.1 Å². The molecule has 0 radical (unpaired) electrons. The Morgan fingerprint density at radius 1 is 1.18 bits per heavy atom. The van der Waals surface area contributed by atoms with Crippen molar-refractivity contribution in [3.63, 3.8) is 0 Å². The minimum absolute atomic E-state index is 0.119. The largest absolute Gasteiger partial charge is 0.438 e. The van der Waals surface area contributed by atoms with Gasteiger partial charge in [-0.2, -0.15) is 9.78 Å². The van der Waals surface area contributed by atoms with Crippen molar-refractivity contribution in [3.8, 4) is 11.6 Å². The van der Waals surface area contributed by atoms with Crippen LogP contribution in [0.4, 0.5) is 5.69 Å². The van der Waals surface area contributed by atoms with Gasteiger partial charge in [0.2, 0.25) is 5.88 Å². The summed E-state index contributed by atoms with van der Waals surface area (Å²) in [6.45, 7) is 2.02. The van der Waals surface area contributed by atoms with Gasteiger partial charge in [-0.3, -0.25) is 14.9 Å². The van der Waals surface area contributed by atoms with E-state index in [1.54, 1.807) is 30.5 Å². The molecule has 11 heteroatoms. The number of ether oxygens (including phenoxy) is 1. The molecule has 0 bridgehead atoms. The van der Waals surface area contributed by atoms with Crippen molar-refractivity contribution in [1.29, 1.82) is 0 Å². The molecule has 4 aromatic rings. The predicted molar refractivity (Wildman–Crippen MR) is 136 cm³/mol. The average molecular weight is 587 g/mol. The summed E-state index contributed by atoms with van der Waals surface area (Å²) in [4.78, 5) is 31.9. The third kappa shape index (κ3) is 5.20. The Hall–Kier alpha value is -3.44. The molecule has 0 atom stereocenters. The van der Waals surface area contributed by atoms with Crippen LogP contribution in [-0.4, -0.2) is 25.8 Å². The molecule has 2 aromatic carbocycles. The highest BCUT2D eigenvalue weighted by Gasteiger charge is 2.11. The molecule has 0 aliphatic carbocycles. The molecule has 0 aliphatic heterocycles. The number of nitro groups is 1. The lowest BCUT2D eigenvalue weighted by Crippen LogP contribution is -2.22. The second-order valence-electron chi connectivity index (χ2n) is 7.20. The van der Waals surface area contributed by atoms with E-state index in [9.17, 15) is 14.9 Å². The Morgan fingerprint density at radius 3 is 2.68 bits per heavy atom. The quantitative estimate of drug-likeness (QED) is 0.152. The first-order valence-corrected chi connectivity index (χ1v) is 11.8. The van der Waals surface area contributed by atoms with Crippen LogP contribution in [0.25, 0.3) is 10.9 Å². The number of halogens is 2. The molecule has 0 saturated heterocycles. The Balaban J connectivity index is 1.62. The maximum absolute atomic E-state index is 13.1. The van der Waals surface area contributed by atoms with Crippen LogP contribution in [0, 0.1) is 10.1 Å². The lowest BCUT2D eigenvalue weighted by molar-refractivity contribution is -0.385. The molecule has 0 unspecified atom stereocenters. The van der Waals surface area contributed by atoms with Gasteiger partial charge < -0.3 is 4.74 Å². The summed E-state index contributed by atoms with van der Waals surface area (Å²) < 4.78 is 8.44. The molecule has 0 N–H and O–H groups in total. The lowest BCUT2D eigenvalue weighted by atomic mass is 10.2. The number of fused-ring (bicyclic) bond motifs is 1. The van der Waals surface area contributed by atoms with Gasteiger partial charge in [-0.15, -0.1) is 0 Å². The standard InChI is InChI=1S/C23H17Br2N5O4/c1-2-3-21-28-19-7-5-15(24)11-17(19)23(31)29(21)27-12-14-4-8-20(18(25)10-14)34-22-9-6-16(13-26-22)30(32)33/h4-13H,2-3H2,1H3. The van der Waals surface area contributed by atoms with Crippen LogP contribution in [0.5, 0.6) is 11.6 Å². The van der Waals surface area contributed by atoms with Crippen LogP contribution in [0.3, 0.4) is 0 Å². The van der Waals surface area contributed by atoms with Crippen molar-refractivity contribution in [3.05, 3.63) is 95.5 Å². The first kappa shape index (κ1) is 23.7. The Bertz CT molecular complexity index is 1470. The van der Waals surface area contributed by atoms with Gasteiger partial charge in [-0.05, 0) is 64.3 Å². The van der Waals surface area contributed by atoms with Crippen molar-refractivity contribution < 1.29 is 9.66 Å². The lowest BCUT2D eigenvalue weighted by Gasteiger charge is -2.09. The molecular formula is C23H17Br2N5O4. The van der Waals surface area contributed by atoms with E-state index in [1.165, 1.54) is 16.8 Å². The smallest absolute Gasteiger partial charge is 0.287 e. The second-order valence-corrected chi connectivity index (χ2v) is 8.97. The number of benzene rings is 2. The van der Waals surface area contributed by atoms with Gasteiger partial charge in [0.05, 0.1) is 26.5 Å². The van der Waals surface area contributed by atoms with Crippen molar-refractivity contribution >= 4 is 54.7 Å². The summed E-state index contributed by atoms with van der Waals surface area (Å²) in [5, 5.41) is 15.7. The fourth-order valence-electron chi connectivity index (χ4n) is 3.16. The topological polar surface area (TPSA) is 113 Å². The van der Waals surface area contributed by atoms with Crippen LogP contribution in [0.15, 0.2) is 73.6 Å². The summed E-state index contributed by atoms with van der Waals surface area (Å²) in [5.41, 5.74) is 0.993. The highest BCUT2D eigenvalue weighted by molar-refractivity contribution is 9.10. The third-order valence-corrected chi connectivity index (χ3v) is 5.89. The number of pyridine rings is 1. The summed E-state index contributed by atoms with van der Waals surface area (Å²) in [7, 11) is 0. The first-order chi connectivity index (χ1) is 16.4. The number of hydrogen-bond donors (Lipinski definition) is 0. The Labute approximate surface area is 210 Å². The zero-order valence-corrected chi connectivity index (χ0v) is 21.0. The summed E-state index contributed by atoms with van der Waals surface area (Å²) in [5.74, 6) is 1.28. The predicted octanol–water partition coefficient (Wildman–Crippen LogP) is 5.85. The van der Waals surface area contributed by atoms with Gasteiger partial charge in [0.15, 0.2) is 0 Å². The normalized spacial score (nSPS) is 11.3. The molecule has 4 rings (SSSR count). The van der Waals surface area contributed by atoms with E-state index < -0.39 is 4.92 Å². The van der Waals surface area contributed by atoms with Gasteiger partial charge in [-0.25, -0.2) is 9.97 Å². The van der Waals surface area contributed by atoms with E-state index >= 15 is 0 Å². The van der Waals surface area contributed by atoms with Crippen LogP contribution in [0.1, 0.15) is 24.7 Å². The zero-order valence-electron chi connectivity index (χ0n) is 17.8. The zero-order chi connectivity index (χ0) is 24.2. The molecule has 34 heavy (non-hydrogen) atoms. The van der Waals surface area contributed by atoms with Gasteiger partial charge in [-0.1, -0.05) is 22.9 Å². The highest BCUT2D eigenvalue weighted by atomic mass is 79.9. The van der Waals surface area contributed by atoms with E-state index in [4.69, 9.17) is 4.74 Å². The van der Waals surface area contributed by atoms with Crippen LogP contribution < -0.4 is 10.3 Å². The monoisotopic (exact) mass is 585 g/mol.